The predicted molar refractivity (Wildman–Crippen MR) is 117 cm³/mol. The first-order chi connectivity index (χ1) is 15.7. The minimum Gasteiger partial charge on any atom is -0.486 e. The molecule has 0 unspecified atom stereocenters. The molecule has 1 amide bonds. The fourth-order valence-corrected chi connectivity index (χ4v) is 5.31. The van der Waals surface area contributed by atoms with Gasteiger partial charge in [0.2, 0.25) is 10.0 Å². The van der Waals surface area contributed by atoms with Crippen molar-refractivity contribution < 1.29 is 37.3 Å². The minimum absolute atomic E-state index is 0.0739. The van der Waals surface area contributed by atoms with Gasteiger partial charge in [0.1, 0.15) is 19.3 Å². The van der Waals surface area contributed by atoms with Crippen molar-refractivity contribution in [2.24, 2.45) is 0 Å². The summed E-state index contributed by atoms with van der Waals surface area (Å²) in [5.74, 6) is -0.501. The van der Waals surface area contributed by atoms with Crippen LogP contribution in [0.3, 0.4) is 0 Å². The molecule has 1 fully saturated rings. The Morgan fingerprint density at radius 1 is 1.12 bits per heavy atom. The molecule has 2 heterocycles. The Hall–Kier alpha value is -2.86. The van der Waals surface area contributed by atoms with E-state index in [1.807, 2.05) is 0 Å². The predicted octanol–water partition coefficient (Wildman–Crippen LogP) is 1.42. The molecule has 0 saturated carbocycles. The van der Waals surface area contributed by atoms with E-state index in [1.165, 1.54) is 24.3 Å². The summed E-state index contributed by atoms with van der Waals surface area (Å²) in [5.41, 5.74) is 0.420. The maximum Gasteiger partial charge on any atom is 0.325 e. The molecule has 2 atom stereocenters. The topological polar surface area (TPSA) is 131 Å². The highest BCUT2D eigenvalue weighted by Crippen LogP contribution is 2.32. The van der Waals surface area contributed by atoms with Crippen LogP contribution < -0.4 is 14.8 Å². The minimum atomic E-state index is -4.09. The van der Waals surface area contributed by atoms with Crippen molar-refractivity contribution in [3.05, 3.63) is 47.5 Å². The summed E-state index contributed by atoms with van der Waals surface area (Å²) in [7, 11) is -4.09. The molecule has 2 N–H and O–H groups in total. The van der Waals surface area contributed by atoms with Gasteiger partial charge in [-0.1, -0.05) is 11.6 Å². The zero-order valence-corrected chi connectivity index (χ0v) is 18.8. The van der Waals surface area contributed by atoms with Crippen molar-refractivity contribution in [3.8, 4) is 11.5 Å². The first kappa shape index (κ1) is 23.3. The molecule has 0 aromatic heterocycles. The molecule has 12 heteroatoms. The number of ether oxygens (including phenoxy) is 3. The van der Waals surface area contributed by atoms with E-state index in [4.69, 9.17) is 25.8 Å². The Morgan fingerprint density at radius 2 is 1.82 bits per heavy atom. The number of β-amino-alcohol motifs (C(OH)–C–C–N with tert-alkyl or cyclic N) is 1. The molecule has 0 radical (unpaired) electrons. The van der Waals surface area contributed by atoms with Crippen LogP contribution in [0.25, 0.3) is 0 Å². The van der Waals surface area contributed by atoms with Crippen LogP contribution in [0.5, 0.6) is 11.5 Å². The molecule has 2 aliphatic heterocycles. The Bertz CT molecular complexity index is 1160. The van der Waals surface area contributed by atoms with Crippen molar-refractivity contribution in [2.45, 2.75) is 23.5 Å². The van der Waals surface area contributed by atoms with Crippen LogP contribution in [0.1, 0.15) is 6.42 Å². The van der Waals surface area contributed by atoms with Crippen molar-refractivity contribution in [1.29, 1.82) is 0 Å². The average molecular weight is 497 g/mol. The van der Waals surface area contributed by atoms with E-state index in [0.717, 1.165) is 4.31 Å². The maximum atomic E-state index is 13.0. The number of hydrogen-bond donors (Lipinski definition) is 2. The molecule has 176 valence electrons. The number of sulfonamides is 1. The molecule has 0 aliphatic carbocycles. The maximum absolute atomic E-state index is 13.0. The molecule has 0 bridgehead atoms. The molecular weight excluding hydrogens is 476 g/mol. The molecule has 4 rings (SSSR count). The van der Waals surface area contributed by atoms with Crippen molar-refractivity contribution in [2.75, 3.05) is 31.7 Å². The van der Waals surface area contributed by atoms with Gasteiger partial charge in [-0.3, -0.25) is 9.59 Å². The standard InChI is InChI=1S/C21H21ClN2O8S/c22-13-1-4-16(5-2-13)33(28,29)24-11-15(25)10-17(24)21(27)32-12-20(26)23-14-3-6-18-19(9-14)31-8-7-30-18/h1-6,9,15,17,25H,7-8,10-12H2,(H,23,26)/t15-,17+/m1/s1. The fourth-order valence-electron chi connectivity index (χ4n) is 3.56. The molecule has 2 aliphatic rings. The Labute approximate surface area is 195 Å². The van der Waals surface area contributed by atoms with E-state index < -0.39 is 40.7 Å². The van der Waals surface area contributed by atoms with Gasteiger partial charge in [-0.25, -0.2) is 8.42 Å². The molecule has 10 nitrogen and oxygen atoms in total. The quantitative estimate of drug-likeness (QED) is 0.574. The largest absolute Gasteiger partial charge is 0.486 e. The highest BCUT2D eigenvalue weighted by atomic mass is 35.5. The molecule has 2 aromatic carbocycles. The van der Waals surface area contributed by atoms with Crippen molar-refractivity contribution in [3.63, 3.8) is 0 Å². The number of hydrogen-bond acceptors (Lipinski definition) is 8. The van der Waals surface area contributed by atoms with E-state index >= 15 is 0 Å². The number of amides is 1. The monoisotopic (exact) mass is 496 g/mol. The third kappa shape index (κ3) is 5.22. The zero-order chi connectivity index (χ0) is 23.6. The van der Waals surface area contributed by atoms with E-state index in [1.54, 1.807) is 18.2 Å². The number of nitrogens with one attached hydrogen (secondary N) is 1. The fraction of sp³-hybridized carbons (Fsp3) is 0.333. The van der Waals surface area contributed by atoms with Crippen LogP contribution in [0.4, 0.5) is 5.69 Å². The lowest BCUT2D eigenvalue weighted by Gasteiger charge is -2.22. The van der Waals surface area contributed by atoms with Crippen molar-refractivity contribution in [1.82, 2.24) is 4.31 Å². The lowest BCUT2D eigenvalue weighted by Crippen LogP contribution is -2.42. The smallest absolute Gasteiger partial charge is 0.325 e. The summed E-state index contributed by atoms with van der Waals surface area (Å²) in [6, 6.07) is 9.03. The lowest BCUT2D eigenvalue weighted by atomic mass is 10.2. The number of rotatable bonds is 6. The number of carbonyl (C=O) groups is 2. The third-order valence-electron chi connectivity index (χ3n) is 5.10. The second-order valence-corrected chi connectivity index (χ2v) is 9.78. The summed E-state index contributed by atoms with van der Waals surface area (Å²) in [4.78, 5) is 24.8. The number of esters is 1. The van der Waals surface area contributed by atoms with Gasteiger partial charge in [-0.05, 0) is 36.4 Å². The SMILES string of the molecule is O=C(COC(=O)[C@@H]1C[C@@H](O)CN1S(=O)(=O)c1ccc(Cl)cc1)Nc1ccc2c(c1)OCCO2. The van der Waals surface area contributed by atoms with Gasteiger partial charge in [-0.2, -0.15) is 4.31 Å². The number of anilines is 1. The molecular formula is C21H21ClN2O8S. The van der Waals surface area contributed by atoms with Crippen LogP contribution in [0, 0.1) is 0 Å². The van der Waals surface area contributed by atoms with Gasteiger partial charge in [-0.15, -0.1) is 0 Å². The normalized spacial score (nSPS) is 20.3. The number of halogens is 1. The number of nitrogens with zero attached hydrogens (tertiary/aromatic N) is 1. The summed E-state index contributed by atoms with van der Waals surface area (Å²) < 4.78 is 42.7. The Morgan fingerprint density at radius 3 is 2.55 bits per heavy atom. The summed E-state index contributed by atoms with van der Waals surface area (Å²) in [5, 5.41) is 12.9. The number of benzene rings is 2. The first-order valence-corrected chi connectivity index (χ1v) is 11.9. The van der Waals surface area contributed by atoms with Crippen LogP contribution in [0.2, 0.25) is 5.02 Å². The molecule has 33 heavy (non-hydrogen) atoms. The highest BCUT2D eigenvalue weighted by Gasteiger charge is 2.44. The lowest BCUT2D eigenvalue weighted by molar-refractivity contribution is -0.150. The van der Waals surface area contributed by atoms with Gasteiger partial charge in [0.15, 0.2) is 18.1 Å². The highest BCUT2D eigenvalue weighted by molar-refractivity contribution is 7.89. The second kappa shape index (κ2) is 9.56. The van der Waals surface area contributed by atoms with Crippen LogP contribution >= 0.6 is 11.6 Å². The van der Waals surface area contributed by atoms with Crippen LogP contribution in [-0.2, 0) is 24.3 Å². The molecule has 1 saturated heterocycles. The number of aliphatic hydroxyl groups excluding tert-OH is 1. The average Bonchev–Trinajstić information content (AvgIpc) is 3.20. The third-order valence-corrected chi connectivity index (χ3v) is 7.24. The van der Waals surface area contributed by atoms with Crippen LogP contribution in [0.15, 0.2) is 47.4 Å². The van der Waals surface area contributed by atoms with E-state index in [2.05, 4.69) is 5.32 Å². The van der Waals surface area contributed by atoms with E-state index in [9.17, 15) is 23.1 Å². The van der Waals surface area contributed by atoms with E-state index in [0.29, 0.717) is 35.4 Å². The second-order valence-electron chi connectivity index (χ2n) is 7.45. The summed E-state index contributed by atoms with van der Waals surface area (Å²) in [6.07, 6.45) is -1.19. The van der Waals surface area contributed by atoms with Gasteiger partial charge < -0.3 is 24.6 Å². The summed E-state index contributed by atoms with van der Waals surface area (Å²) >= 11 is 5.81. The zero-order valence-electron chi connectivity index (χ0n) is 17.3. The first-order valence-electron chi connectivity index (χ1n) is 10.1. The van der Waals surface area contributed by atoms with Gasteiger partial charge in [0.25, 0.3) is 5.91 Å². The Kier molecular flexibility index (Phi) is 6.75. The number of carbonyl (C=O) groups excluding carboxylic acids is 2. The Balaban J connectivity index is 1.38. The number of aliphatic hydroxyl groups is 1. The van der Waals surface area contributed by atoms with E-state index in [-0.39, 0.29) is 17.9 Å². The van der Waals surface area contributed by atoms with Crippen LogP contribution in [-0.4, -0.2) is 68.2 Å². The molecule has 0 spiro atoms. The number of fused-ring (bicyclic) bond motifs is 1. The van der Waals surface area contributed by atoms with Gasteiger partial charge in [0.05, 0.1) is 11.0 Å². The van der Waals surface area contributed by atoms with Gasteiger partial charge >= 0.3 is 5.97 Å². The summed E-state index contributed by atoms with van der Waals surface area (Å²) in [6.45, 7) is -0.0667. The van der Waals surface area contributed by atoms with Gasteiger partial charge in [0, 0.05) is 29.7 Å². The molecule has 2 aromatic rings. The van der Waals surface area contributed by atoms with Crippen molar-refractivity contribution >= 4 is 39.2 Å².